The SMILES string of the molecule is COc1ncc(C(F)(F)F)cc1-c1nc2c(cc1Cl)N1CC[C@@H](C1)N2.COc1ncc(C(F)(F)F)cc1O[B]O.Clc1cc2c(nc1Cl)N[C@H]1CCN2C1. The summed E-state index contributed by atoms with van der Waals surface area (Å²) in [5.74, 6) is 1.07. The van der Waals surface area contributed by atoms with Crippen LogP contribution in [0.4, 0.5) is 49.4 Å². The van der Waals surface area contributed by atoms with Crippen molar-refractivity contribution in [3.8, 4) is 28.8 Å². The van der Waals surface area contributed by atoms with Crippen LogP contribution in [0.3, 0.4) is 0 Å². The fraction of sp³-hybridized carbons (Fsp3) is 0.375. The summed E-state index contributed by atoms with van der Waals surface area (Å²) < 4.78 is 90.0. The Kier molecular flexibility index (Phi) is 11.5. The molecule has 287 valence electrons. The van der Waals surface area contributed by atoms with Gasteiger partial charge in [0, 0.05) is 50.7 Å². The van der Waals surface area contributed by atoms with Crippen LogP contribution in [0.2, 0.25) is 15.2 Å². The highest BCUT2D eigenvalue weighted by molar-refractivity contribution is 6.41. The van der Waals surface area contributed by atoms with Crippen LogP contribution >= 0.6 is 34.8 Å². The summed E-state index contributed by atoms with van der Waals surface area (Å²) in [6, 6.07) is 6.07. The second-order valence-electron chi connectivity index (χ2n) is 12.2. The average Bonchev–Trinajstić information content (AvgIpc) is 3.72. The van der Waals surface area contributed by atoms with Crippen molar-refractivity contribution in [1.29, 1.82) is 0 Å². The zero-order chi connectivity index (χ0) is 38.9. The third-order valence-electron chi connectivity index (χ3n) is 8.75. The van der Waals surface area contributed by atoms with Crippen LogP contribution in [0.25, 0.3) is 11.3 Å². The highest BCUT2D eigenvalue weighted by Crippen LogP contribution is 2.43. The monoisotopic (exact) mass is 819 g/mol. The van der Waals surface area contributed by atoms with Gasteiger partial charge in [-0.3, -0.25) is 0 Å². The molecule has 2 atom stereocenters. The number of pyridine rings is 4. The van der Waals surface area contributed by atoms with Crippen molar-refractivity contribution >= 4 is 65.5 Å². The van der Waals surface area contributed by atoms with Gasteiger partial charge in [-0.25, -0.2) is 19.9 Å². The van der Waals surface area contributed by atoms with Crippen LogP contribution < -0.4 is 34.6 Å². The number of halogens is 9. The fourth-order valence-corrected chi connectivity index (χ4v) is 6.75. The van der Waals surface area contributed by atoms with Gasteiger partial charge in [-0.05, 0) is 37.1 Å². The Balaban J connectivity index is 0.000000148. The van der Waals surface area contributed by atoms with Gasteiger partial charge < -0.3 is 39.6 Å². The number of anilines is 4. The van der Waals surface area contributed by atoms with Gasteiger partial charge >= 0.3 is 20.0 Å². The Morgan fingerprint density at radius 2 is 1.28 bits per heavy atom. The Morgan fingerprint density at radius 1 is 0.759 bits per heavy atom. The normalized spacial score (nSPS) is 17.8. The molecule has 0 aliphatic carbocycles. The van der Waals surface area contributed by atoms with Gasteiger partial charge in [0.1, 0.15) is 5.15 Å². The molecular weight excluding hydrogens is 792 g/mol. The Hall–Kier alpha value is -4.33. The van der Waals surface area contributed by atoms with E-state index in [-0.39, 0.29) is 47.5 Å². The zero-order valence-electron chi connectivity index (χ0n) is 28.2. The smallest absolute Gasteiger partial charge is 0.534 e. The summed E-state index contributed by atoms with van der Waals surface area (Å²) in [6.45, 7) is 3.90. The molecule has 4 aliphatic rings. The maximum Gasteiger partial charge on any atom is 0.569 e. The van der Waals surface area contributed by atoms with Crippen LogP contribution in [-0.4, -0.2) is 85.1 Å². The standard InChI is InChI=1S/C16H14ClF3N4O.C9H9Cl2N3.C7H6BF3NO3/c1-25-15-10(4-8(6-21-15)16(18,19)20)13-11(17)5-12-14(23-13)22-9-2-3-24(12)7-9;10-6-3-7-9(13-8(6)11)12-5-1-2-14(7)4-5;1-14-6-5(15-8-13)2-4(3-12-6)7(9,10)11/h4-6,9H,2-3,7H2,1H3,(H,22,23);3,5H,1-2,4H2,(H,12,13);2-3,13H,1H3/t9-;5-;/m00./s1. The number of methoxy groups -OCH3 is 2. The highest BCUT2D eigenvalue weighted by atomic mass is 35.5. The molecular formula is C32H29BCl3F6N8O4. The number of hydrogen-bond acceptors (Lipinski definition) is 12. The number of rotatable bonds is 5. The van der Waals surface area contributed by atoms with Crippen molar-refractivity contribution in [2.75, 3.05) is 60.8 Å². The molecule has 8 rings (SSSR count). The molecule has 0 aromatic carbocycles. The van der Waals surface area contributed by atoms with Crippen LogP contribution in [0, 0.1) is 0 Å². The van der Waals surface area contributed by atoms with Crippen molar-refractivity contribution < 1.29 is 45.5 Å². The van der Waals surface area contributed by atoms with Gasteiger partial charge in [0.25, 0.3) is 5.88 Å². The molecule has 22 heteroatoms. The summed E-state index contributed by atoms with van der Waals surface area (Å²) in [6.07, 6.45) is -5.55. The second kappa shape index (κ2) is 15.8. The molecule has 4 aliphatic heterocycles. The molecule has 4 bridgehead atoms. The van der Waals surface area contributed by atoms with E-state index in [9.17, 15) is 26.3 Å². The molecule has 12 nitrogen and oxygen atoms in total. The van der Waals surface area contributed by atoms with Crippen molar-refractivity contribution in [3.05, 3.63) is 63.0 Å². The van der Waals surface area contributed by atoms with Crippen LogP contribution in [0.1, 0.15) is 24.0 Å². The van der Waals surface area contributed by atoms with Crippen LogP contribution in [0.15, 0.2) is 36.7 Å². The Bertz CT molecular complexity index is 2020. The first-order valence-corrected chi connectivity index (χ1v) is 17.2. The summed E-state index contributed by atoms with van der Waals surface area (Å²) in [7, 11) is 2.81. The molecule has 1 radical (unpaired) electrons. The quantitative estimate of drug-likeness (QED) is 0.107. The molecule has 0 spiro atoms. The van der Waals surface area contributed by atoms with Gasteiger partial charge in [0.05, 0.1) is 58.0 Å². The second-order valence-corrected chi connectivity index (χ2v) is 13.4. The number of aromatic nitrogens is 4. The minimum atomic E-state index is -4.52. The van der Waals surface area contributed by atoms with Crippen LogP contribution in [0.5, 0.6) is 17.5 Å². The third kappa shape index (κ3) is 8.48. The van der Waals surface area contributed by atoms with E-state index < -0.39 is 23.5 Å². The minimum absolute atomic E-state index is 0.0430. The molecule has 2 fully saturated rings. The van der Waals surface area contributed by atoms with Gasteiger partial charge in [-0.2, -0.15) is 26.3 Å². The van der Waals surface area contributed by atoms with Gasteiger partial charge in [0.15, 0.2) is 17.4 Å². The first-order chi connectivity index (χ1) is 25.6. The predicted octanol–water partition coefficient (Wildman–Crippen LogP) is 7.24. The lowest BCUT2D eigenvalue weighted by Crippen LogP contribution is -2.32. The Morgan fingerprint density at radius 3 is 1.81 bits per heavy atom. The molecule has 4 aromatic rings. The first kappa shape index (κ1) is 39.4. The lowest BCUT2D eigenvalue weighted by Gasteiger charge is -2.28. The van der Waals surface area contributed by atoms with E-state index in [1.807, 2.05) is 6.07 Å². The van der Waals surface area contributed by atoms with E-state index in [1.54, 1.807) is 6.07 Å². The molecule has 0 unspecified atom stereocenters. The van der Waals surface area contributed by atoms with Crippen molar-refractivity contribution in [1.82, 2.24) is 19.9 Å². The zero-order valence-corrected chi connectivity index (χ0v) is 30.5. The van der Waals surface area contributed by atoms with E-state index in [1.165, 1.54) is 14.2 Å². The van der Waals surface area contributed by atoms with E-state index in [2.05, 4.69) is 49.8 Å². The largest absolute Gasteiger partial charge is 0.569 e. The fourth-order valence-electron chi connectivity index (χ4n) is 6.22. The highest BCUT2D eigenvalue weighted by Gasteiger charge is 2.35. The molecule has 2 saturated heterocycles. The summed E-state index contributed by atoms with van der Waals surface area (Å²) in [5, 5.41) is 16.2. The van der Waals surface area contributed by atoms with Gasteiger partial charge in [0.2, 0.25) is 5.88 Å². The van der Waals surface area contributed by atoms with E-state index in [0.717, 1.165) is 68.5 Å². The van der Waals surface area contributed by atoms with Gasteiger partial charge in [-0.1, -0.05) is 34.8 Å². The van der Waals surface area contributed by atoms with Crippen molar-refractivity contribution in [2.24, 2.45) is 0 Å². The number of ether oxygens (including phenoxy) is 2. The number of hydrogen-bond donors (Lipinski definition) is 3. The minimum Gasteiger partial charge on any atom is -0.534 e. The summed E-state index contributed by atoms with van der Waals surface area (Å²) in [4.78, 5) is 20.3. The van der Waals surface area contributed by atoms with E-state index >= 15 is 0 Å². The Labute approximate surface area is 320 Å². The molecule has 54 heavy (non-hydrogen) atoms. The third-order valence-corrected chi connectivity index (χ3v) is 9.72. The number of alkyl halides is 6. The van der Waals surface area contributed by atoms with E-state index in [0.29, 0.717) is 34.3 Å². The maximum absolute atomic E-state index is 13.1. The molecule has 0 saturated carbocycles. The van der Waals surface area contributed by atoms with Gasteiger partial charge in [-0.15, -0.1) is 0 Å². The van der Waals surface area contributed by atoms with E-state index in [4.69, 9.17) is 44.6 Å². The first-order valence-electron chi connectivity index (χ1n) is 16.0. The maximum atomic E-state index is 13.1. The lowest BCUT2D eigenvalue weighted by atomic mass is 10.1. The number of nitrogens with one attached hydrogen (secondary N) is 2. The topological polar surface area (TPSA) is 130 Å². The van der Waals surface area contributed by atoms with Crippen LogP contribution in [-0.2, 0) is 12.4 Å². The molecule has 0 amide bonds. The van der Waals surface area contributed by atoms with Crippen molar-refractivity contribution in [3.63, 3.8) is 0 Å². The summed E-state index contributed by atoms with van der Waals surface area (Å²) in [5.41, 5.74) is 0.399. The lowest BCUT2D eigenvalue weighted by molar-refractivity contribution is -0.138. The molecule has 8 heterocycles. The molecule has 4 aromatic heterocycles. The molecule has 3 N–H and O–H groups in total. The number of fused-ring (bicyclic) bond motifs is 8. The predicted molar refractivity (Wildman–Crippen MR) is 191 cm³/mol. The van der Waals surface area contributed by atoms with Crippen molar-refractivity contribution in [2.45, 2.75) is 37.3 Å². The number of nitrogens with zero attached hydrogens (tertiary/aromatic N) is 6. The summed E-state index contributed by atoms with van der Waals surface area (Å²) >= 11 is 18.1. The average molecular weight is 821 g/mol.